The molecule has 0 rings (SSSR count). The highest BCUT2D eigenvalue weighted by Gasteiger charge is 2.28. The van der Waals surface area contributed by atoms with Crippen LogP contribution >= 0.6 is 0 Å². The van der Waals surface area contributed by atoms with Crippen molar-refractivity contribution in [3.05, 3.63) is 36.6 Å². The molecule has 0 aromatic carbocycles. The van der Waals surface area contributed by atoms with Gasteiger partial charge in [0.15, 0.2) is 12.7 Å². The molecule has 0 aliphatic rings. The van der Waals surface area contributed by atoms with Crippen molar-refractivity contribution in [2.75, 3.05) is 21.1 Å². The van der Waals surface area contributed by atoms with E-state index < -0.39 is 0 Å². The van der Waals surface area contributed by atoms with E-state index in [9.17, 15) is 0 Å². The van der Waals surface area contributed by atoms with Gasteiger partial charge in [-0.05, 0) is 24.1 Å². The van der Waals surface area contributed by atoms with Crippen molar-refractivity contribution in [3.63, 3.8) is 0 Å². The molecule has 0 amide bonds. The minimum Gasteiger partial charge on any atom is -0.266 e. The summed E-state index contributed by atoms with van der Waals surface area (Å²) in [5.41, 5.74) is 2.14. The molecule has 0 spiro atoms. The van der Waals surface area contributed by atoms with Gasteiger partial charge in [0.05, 0.1) is 14.1 Å². The Labute approximate surface area is 124 Å². The molecule has 3 heteroatoms. The van der Waals surface area contributed by atoms with Gasteiger partial charge in [0.25, 0.3) is 0 Å². The van der Waals surface area contributed by atoms with Crippen LogP contribution in [0.5, 0.6) is 0 Å². The topological polar surface area (TPSA) is 9.26 Å². The predicted octanol–water partition coefficient (Wildman–Crippen LogP) is 3.44. The van der Waals surface area contributed by atoms with E-state index in [0.29, 0.717) is 0 Å². The third kappa shape index (κ3) is 6.00. The van der Waals surface area contributed by atoms with E-state index in [1.165, 1.54) is 0 Å². The molecule has 0 bridgehead atoms. The van der Waals surface area contributed by atoms with Crippen LogP contribution < -0.4 is 0 Å². The Kier molecular flexibility index (Phi) is 8.53. The summed E-state index contributed by atoms with van der Waals surface area (Å²) in [6, 6.07) is 0. The second-order valence-electron chi connectivity index (χ2n) is 5.12. The lowest BCUT2D eigenvalue weighted by Crippen LogP contribution is -2.40. The smallest absolute Gasteiger partial charge is 0.266 e. The maximum atomic E-state index is 4.22. The Bertz CT molecular complexity index is 435. The molecule has 0 saturated heterocycles. The lowest BCUT2D eigenvalue weighted by Gasteiger charge is -2.13. The largest absolute Gasteiger partial charge is 0.310 e. The van der Waals surface area contributed by atoms with Crippen LogP contribution in [0.3, 0.4) is 0 Å². The number of hydrogen-bond donors (Lipinski definition) is 0. The number of allylic oxidation sites excluding steroid dienone is 3. The fourth-order valence-corrected chi connectivity index (χ4v) is 1.76. The van der Waals surface area contributed by atoms with E-state index in [4.69, 9.17) is 0 Å². The molecule has 0 atom stereocenters. The number of hydrazone groups is 1. The zero-order chi connectivity index (χ0) is 15.7. The highest BCUT2D eigenvalue weighted by Crippen LogP contribution is 2.09. The van der Waals surface area contributed by atoms with E-state index in [-0.39, 0.29) is 0 Å². The highest BCUT2D eigenvalue weighted by molar-refractivity contribution is 5.77. The van der Waals surface area contributed by atoms with Gasteiger partial charge in [0.2, 0.25) is 6.21 Å². The van der Waals surface area contributed by atoms with Crippen molar-refractivity contribution >= 4 is 12.1 Å². The minimum absolute atomic E-state index is 0.843. The van der Waals surface area contributed by atoms with Crippen LogP contribution in [0.25, 0.3) is 0 Å². The molecule has 0 heterocycles. The average Bonchev–Trinajstić information content (AvgIpc) is 2.38. The van der Waals surface area contributed by atoms with E-state index in [2.05, 4.69) is 66.6 Å². The van der Waals surface area contributed by atoms with E-state index in [1.807, 2.05) is 21.1 Å². The van der Waals surface area contributed by atoms with Crippen LogP contribution in [0.1, 0.15) is 40.0 Å². The van der Waals surface area contributed by atoms with Gasteiger partial charge in [-0.3, -0.25) is 4.58 Å². The Hall–Kier alpha value is -1.64. The van der Waals surface area contributed by atoms with Crippen molar-refractivity contribution in [3.8, 4) is 0 Å². The summed E-state index contributed by atoms with van der Waals surface area (Å²) in [5.74, 6) is 1.13. The lowest BCUT2D eigenvalue weighted by molar-refractivity contribution is -0.641. The molecule has 0 saturated carbocycles. The van der Waals surface area contributed by atoms with Gasteiger partial charge in [-0.2, -0.15) is 0 Å². The van der Waals surface area contributed by atoms with Crippen LogP contribution in [-0.4, -0.2) is 47.5 Å². The van der Waals surface area contributed by atoms with Gasteiger partial charge in [-0.25, -0.2) is 0 Å². The maximum absolute atomic E-state index is 4.22. The number of nitrogens with zero attached hydrogens (tertiary/aromatic N) is 3. The SMILES string of the molecule is C=C(C=[N+](C)N(C(=C)CC=CCC)C(C)=[N+](C)C)CC. The fourth-order valence-electron chi connectivity index (χ4n) is 1.76. The van der Waals surface area contributed by atoms with Gasteiger partial charge >= 0.3 is 5.84 Å². The predicted molar refractivity (Wildman–Crippen MR) is 89.5 cm³/mol. The standard InChI is InChI=1S/C17H31N3/c1-9-11-12-13-16(4)20(17(5)18(6)7)19(8)14-15(3)10-2/h11-12,14H,3-4,9-10,13H2,1-2,5-8H3/q+2. The van der Waals surface area contributed by atoms with Gasteiger partial charge in [0.1, 0.15) is 0 Å². The molecule has 0 aliphatic carbocycles. The van der Waals surface area contributed by atoms with Crippen molar-refractivity contribution in [1.82, 2.24) is 5.01 Å². The van der Waals surface area contributed by atoms with Crippen molar-refractivity contribution in [2.45, 2.75) is 40.0 Å². The van der Waals surface area contributed by atoms with Crippen molar-refractivity contribution in [1.29, 1.82) is 0 Å². The molecule has 0 aromatic heterocycles. The Morgan fingerprint density at radius 2 is 1.70 bits per heavy atom. The summed E-state index contributed by atoms with van der Waals surface area (Å²) in [5, 5.41) is 2.13. The van der Waals surface area contributed by atoms with Gasteiger partial charge in [-0.15, -0.1) is 0 Å². The average molecular weight is 277 g/mol. The van der Waals surface area contributed by atoms with E-state index in [0.717, 1.165) is 36.4 Å². The Balaban J connectivity index is 5.35. The molecule has 3 nitrogen and oxygen atoms in total. The molecule has 20 heavy (non-hydrogen) atoms. The highest BCUT2D eigenvalue weighted by atomic mass is 15.6. The molecule has 0 unspecified atom stereocenters. The number of rotatable bonds is 7. The van der Waals surface area contributed by atoms with Crippen molar-refractivity contribution < 1.29 is 9.26 Å². The third-order valence-electron chi connectivity index (χ3n) is 3.15. The summed E-state index contributed by atoms with van der Waals surface area (Å²) in [6.45, 7) is 14.6. The normalized spacial score (nSPS) is 11.6. The lowest BCUT2D eigenvalue weighted by atomic mass is 10.2. The first-order valence-electron chi connectivity index (χ1n) is 7.24. The summed E-state index contributed by atoms with van der Waals surface area (Å²) in [7, 11) is 6.11. The van der Waals surface area contributed by atoms with Crippen LogP contribution in [0.2, 0.25) is 0 Å². The fraction of sp³-hybridized carbons (Fsp3) is 0.529. The van der Waals surface area contributed by atoms with Crippen LogP contribution in [0, 0.1) is 0 Å². The van der Waals surface area contributed by atoms with E-state index in [1.54, 1.807) is 0 Å². The quantitative estimate of drug-likeness (QED) is 0.228. The molecule has 0 radical (unpaired) electrons. The first kappa shape index (κ1) is 18.4. The van der Waals surface area contributed by atoms with Crippen molar-refractivity contribution in [2.24, 2.45) is 0 Å². The second kappa shape index (κ2) is 9.29. The number of hydrazine groups is 1. The minimum atomic E-state index is 0.843. The third-order valence-corrected chi connectivity index (χ3v) is 3.15. The molecular weight excluding hydrogens is 246 g/mol. The maximum Gasteiger partial charge on any atom is 0.310 e. The number of amidine groups is 1. The van der Waals surface area contributed by atoms with Gasteiger partial charge < -0.3 is 0 Å². The summed E-state index contributed by atoms with van der Waals surface area (Å²) in [6.07, 6.45) is 9.24. The molecule has 0 N–H and O–H groups in total. The van der Waals surface area contributed by atoms with Gasteiger partial charge in [0, 0.05) is 23.9 Å². The first-order chi connectivity index (χ1) is 9.34. The zero-order valence-corrected chi connectivity index (χ0v) is 14.1. The van der Waals surface area contributed by atoms with Crippen LogP contribution in [-0.2, 0) is 0 Å². The summed E-state index contributed by atoms with van der Waals surface area (Å²) < 4.78 is 4.15. The van der Waals surface area contributed by atoms with Crippen LogP contribution in [0.4, 0.5) is 0 Å². The van der Waals surface area contributed by atoms with Crippen LogP contribution in [0.15, 0.2) is 36.6 Å². The molecule has 0 fully saturated rings. The molecule has 0 aromatic rings. The molecule has 0 aliphatic heterocycles. The Morgan fingerprint density at radius 1 is 1.10 bits per heavy atom. The molecular formula is C17H31N3+2. The van der Waals surface area contributed by atoms with E-state index >= 15 is 0 Å². The number of hydrogen-bond acceptors (Lipinski definition) is 0. The monoisotopic (exact) mass is 277 g/mol. The summed E-state index contributed by atoms with van der Waals surface area (Å²) >= 11 is 0. The van der Waals surface area contributed by atoms with Gasteiger partial charge in [-0.1, -0.05) is 32.6 Å². The molecule has 112 valence electrons. The Morgan fingerprint density at radius 3 is 2.15 bits per heavy atom. The first-order valence-corrected chi connectivity index (χ1v) is 7.24. The summed E-state index contributed by atoms with van der Waals surface area (Å²) in [4.78, 5) is 0. The second-order valence-corrected chi connectivity index (χ2v) is 5.12. The zero-order valence-electron chi connectivity index (χ0n) is 14.1.